The average Bonchev–Trinajstić information content (AvgIpc) is 2.53. The highest BCUT2D eigenvalue weighted by Crippen LogP contribution is 2.29. The van der Waals surface area contributed by atoms with Crippen molar-refractivity contribution < 1.29 is 4.74 Å². The topological polar surface area (TPSA) is 25.4 Å². The minimum atomic E-state index is 0.356. The zero-order chi connectivity index (χ0) is 15.1. The van der Waals surface area contributed by atoms with Gasteiger partial charge in [0.25, 0.3) is 0 Å². The van der Waals surface area contributed by atoms with E-state index in [1.54, 1.807) is 6.20 Å². The molecule has 0 atom stereocenters. The van der Waals surface area contributed by atoms with Gasteiger partial charge in [0.2, 0.25) is 0 Å². The third kappa shape index (κ3) is 4.10. The van der Waals surface area contributed by atoms with Crippen LogP contribution in [0.25, 0.3) is 10.9 Å². The van der Waals surface area contributed by atoms with Crippen molar-refractivity contribution in [2.24, 2.45) is 0 Å². The fourth-order valence-electron chi connectivity index (χ4n) is 2.01. The molecule has 3 nitrogen and oxygen atoms in total. The summed E-state index contributed by atoms with van der Waals surface area (Å²) in [5, 5.41) is 1.57. The largest absolute Gasteiger partial charge is 0.479 e. The maximum Gasteiger partial charge on any atom is 0.149 e. The third-order valence-corrected chi connectivity index (χ3v) is 3.63. The molecule has 0 radical (unpaired) electrons. The minimum absolute atomic E-state index is 0.356. The summed E-state index contributed by atoms with van der Waals surface area (Å²) in [6.07, 6.45) is 1.73. The smallest absolute Gasteiger partial charge is 0.149 e. The zero-order valence-corrected chi connectivity index (χ0v) is 13.2. The van der Waals surface area contributed by atoms with Crippen molar-refractivity contribution in [3.05, 3.63) is 35.5 Å². The van der Waals surface area contributed by atoms with E-state index in [0.29, 0.717) is 17.4 Å². The summed E-state index contributed by atoms with van der Waals surface area (Å²) < 4.78 is 5.71. The SMILES string of the molecule is CCN(CC)CC#CCOc1ccc(Cl)c2cccnc12. The van der Waals surface area contributed by atoms with Gasteiger partial charge in [0.05, 0.1) is 11.6 Å². The molecule has 4 heteroatoms. The number of nitrogens with zero attached hydrogens (tertiary/aromatic N) is 2. The first kappa shape index (κ1) is 15.6. The minimum Gasteiger partial charge on any atom is -0.479 e. The second kappa shape index (κ2) is 7.87. The molecular formula is C17H19ClN2O. The van der Waals surface area contributed by atoms with Crippen molar-refractivity contribution in [3.63, 3.8) is 0 Å². The van der Waals surface area contributed by atoms with Crippen LogP contribution in [-0.2, 0) is 0 Å². The number of hydrogen-bond donors (Lipinski definition) is 0. The Bertz CT molecular complexity index is 657. The lowest BCUT2D eigenvalue weighted by Gasteiger charge is -2.13. The molecule has 0 spiro atoms. The summed E-state index contributed by atoms with van der Waals surface area (Å²) in [6.45, 7) is 7.42. The number of rotatable bonds is 5. The molecule has 1 aromatic heterocycles. The molecule has 2 rings (SSSR count). The van der Waals surface area contributed by atoms with E-state index in [1.165, 1.54) is 0 Å². The fraction of sp³-hybridized carbons (Fsp3) is 0.353. The van der Waals surface area contributed by atoms with Crippen LogP contribution in [0.1, 0.15) is 13.8 Å². The number of aromatic nitrogens is 1. The van der Waals surface area contributed by atoms with Crippen LogP contribution in [0.3, 0.4) is 0 Å². The van der Waals surface area contributed by atoms with Gasteiger partial charge in [-0.05, 0) is 37.4 Å². The number of benzene rings is 1. The van der Waals surface area contributed by atoms with Crippen molar-refractivity contribution in [2.75, 3.05) is 26.2 Å². The van der Waals surface area contributed by atoms with Crippen LogP contribution in [0, 0.1) is 11.8 Å². The quantitative estimate of drug-likeness (QED) is 0.789. The van der Waals surface area contributed by atoms with Crippen LogP contribution in [0.4, 0.5) is 0 Å². The Labute approximate surface area is 130 Å². The normalized spacial score (nSPS) is 10.5. The van der Waals surface area contributed by atoms with E-state index in [4.69, 9.17) is 16.3 Å². The molecule has 0 saturated carbocycles. The van der Waals surface area contributed by atoms with Crippen molar-refractivity contribution in [1.29, 1.82) is 0 Å². The van der Waals surface area contributed by atoms with Gasteiger partial charge >= 0.3 is 0 Å². The Kier molecular flexibility index (Phi) is 5.86. The van der Waals surface area contributed by atoms with E-state index in [-0.39, 0.29) is 0 Å². The number of ether oxygens (including phenoxy) is 1. The number of fused-ring (bicyclic) bond motifs is 1. The summed E-state index contributed by atoms with van der Waals surface area (Å²) in [5.41, 5.74) is 0.774. The van der Waals surface area contributed by atoms with Gasteiger partial charge < -0.3 is 4.74 Å². The molecule has 0 aliphatic heterocycles. The third-order valence-electron chi connectivity index (χ3n) is 3.30. The van der Waals surface area contributed by atoms with Gasteiger partial charge in [0.15, 0.2) is 0 Å². The molecule has 0 bridgehead atoms. The predicted octanol–water partition coefficient (Wildman–Crippen LogP) is 3.61. The maximum absolute atomic E-state index is 6.15. The van der Waals surface area contributed by atoms with Crippen molar-refractivity contribution >= 4 is 22.5 Å². The van der Waals surface area contributed by atoms with E-state index in [0.717, 1.165) is 30.5 Å². The van der Waals surface area contributed by atoms with Crippen molar-refractivity contribution in [1.82, 2.24) is 9.88 Å². The van der Waals surface area contributed by atoms with E-state index in [2.05, 4.69) is 35.6 Å². The Balaban J connectivity index is 2.02. The molecule has 110 valence electrons. The maximum atomic E-state index is 6.15. The molecule has 1 aromatic carbocycles. The highest BCUT2D eigenvalue weighted by molar-refractivity contribution is 6.35. The molecule has 0 saturated heterocycles. The summed E-state index contributed by atoms with van der Waals surface area (Å²) in [7, 11) is 0. The summed E-state index contributed by atoms with van der Waals surface area (Å²) in [5.74, 6) is 6.87. The second-order valence-electron chi connectivity index (χ2n) is 4.55. The van der Waals surface area contributed by atoms with Crippen LogP contribution >= 0.6 is 11.6 Å². The molecule has 1 heterocycles. The molecule has 0 N–H and O–H groups in total. The average molecular weight is 303 g/mol. The Hall–Kier alpha value is -1.76. The standard InChI is InChI=1S/C17H19ClN2O/c1-3-20(4-2)12-5-6-13-21-16-10-9-15(18)14-8-7-11-19-17(14)16/h7-11H,3-4,12-13H2,1-2H3. The first-order valence-electron chi connectivity index (χ1n) is 7.10. The Morgan fingerprint density at radius 2 is 2.00 bits per heavy atom. The monoisotopic (exact) mass is 302 g/mol. The Morgan fingerprint density at radius 3 is 2.76 bits per heavy atom. The van der Waals surface area contributed by atoms with E-state index in [9.17, 15) is 0 Å². The second-order valence-corrected chi connectivity index (χ2v) is 4.96. The molecule has 0 aliphatic rings. The molecule has 0 amide bonds. The zero-order valence-electron chi connectivity index (χ0n) is 12.4. The van der Waals surface area contributed by atoms with Crippen molar-refractivity contribution in [2.45, 2.75) is 13.8 Å². The Morgan fingerprint density at radius 1 is 1.19 bits per heavy atom. The van der Waals surface area contributed by atoms with Gasteiger partial charge in [-0.15, -0.1) is 0 Å². The van der Waals surface area contributed by atoms with Crippen LogP contribution in [0.15, 0.2) is 30.5 Å². The van der Waals surface area contributed by atoms with E-state index >= 15 is 0 Å². The van der Waals surface area contributed by atoms with Crippen molar-refractivity contribution in [3.8, 4) is 17.6 Å². The summed E-state index contributed by atoms with van der Waals surface area (Å²) in [6, 6.07) is 7.46. The lowest BCUT2D eigenvalue weighted by atomic mass is 10.2. The van der Waals surface area contributed by atoms with E-state index in [1.807, 2.05) is 24.3 Å². The molecule has 2 aromatic rings. The number of pyridine rings is 1. The molecule has 0 unspecified atom stereocenters. The predicted molar refractivity (Wildman–Crippen MR) is 87.8 cm³/mol. The molecule has 0 fully saturated rings. The lowest BCUT2D eigenvalue weighted by Crippen LogP contribution is -2.22. The van der Waals surface area contributed by atoms with Crippen LogP contribution in [0.5, 0.6) is 5.75 Å². The summed E-state index contributed by atoms with van der Waals surface area (Å²) >= 11 is 6.15. The van der Waals surface area contributed by atoms with Gasteiger partial charge in [-0.25, -0.2) is 0 Å². The fourth-order valence-corrected chi connectivity index (χ4v) is 2.22. The van der Waals surface area contributed by atoms with Crippen LogP contribution in [-0.4, -0.2) is 36.1 Å². The van der Waals surface area contributed by atoms with Crippen LogP contribution < -0.4 is 4.74 Å². The van der Waals surface area contributed by atoms with Gasteiger partial charge in [0, 0.05) is 11.6 Å². The van der Waals surface area contributed by atoms with Gasteiger partial charge in [-0.3, -0.25) is 9.88 Å². The van der Waals surface area contributed by atoms with Gasteiger partial charge in [0.1, 0.15) is 17.9 Å². The number of halogens is 1. The first-order valence-corrected chi connectivity index (χ1v) is 7.48. The number of hydrogen-bond acceptors (Lipinski definition) is 3. The molecule has 21 heavy (non-hydrogen) atoms. The lowest BCUT2D eigenvalue weighted by molar-refractivity contribution is 0.341. The van der Waals surface area contributed by atoms with Crippen LogP contribution in [0.2, 0.25) is 5.02 Å². The highest BCUT2D eigenvalue weighted by atomic mass is 35.5. The first-order chi connectivity index (χ1) is 10.3. The van der Waals surface area contributed by atoms with E-state index < -0.39 is 0 Å². The highest BCUT2D eigenvalue weighted by Gasteiger charge is 2.05. The molecular weight excluding hydrogens is 284 g/mol. The van der Waals surface area contributed by atoms with Gasteiger partial charge in [-0.2, -0.15) is 0 Å². The summed E-state index contributed by atoms with van der Waals surface area (Å²) in [4.78, 5) is 6.59. The molecule has 0 aliphatic carbocycles. The van der Waals surface area contributed by atoms with Gasteiger partial charge in [-0.1, -0.05) is 37.3 Å².